The lowest BCUT2D eigenvalue weighted by Crippen LogP contribution is -2.39. The number of methoxy groups -OCH3 is 3. The fraction of sp³-hybridized carbons (Fsp3) is 0.579. The Morgan fingerprint density at radius 2 is 1.78 bits per heavy atom. The fourth-order valence-electron chi connectivity index (χ4n) is 3.68. The van der Waals surface area contributed by atoms with Gasteiger partial charge in [0.2, 0.25) is 0 Å². The van der Waals surface area contributed by atoms with Crippen molar-refractivity contribution in [2.24, 2.45) is 0 Å². The van der Waals surface area contributed by atoms with E-state index >= 15 is 0 Å². The van der Waals surface area contributed by atoms with Crippen LogP contribution >= 0.6 is 0 Å². The molecule has 0 aromatic heterocycles. The van der Waals surface area contributed by atoms with Crippen LogP contribution in [0.3, 0.4) is 0 Å². The van der Waals surface area contributed by atoms with Gasteiger partial charge in [-0.15, -0.1) is 0 Å². The van der Waals surface area contributed by atoms with E-state index in [1.807, 2.05) is 0 Å². The topological polar surface area (TPSA) is 27.7 Å². The monoisotopic (exact) mass is 331 g/mol. The molecule has 2 rings (SSSR count). The minimum atomic E-state index is -0.841. The Bertz CT molecular complexity index is 563. The average molecular weight is 332 g/mol. The molecule has 0 spiro atoms. The number of benzene rings is 1. The predicted molar refractivity (Wildman–Crippen MR) is 94.6 cm³/mol. The van der Waals surface area contributed by atoms with Crippen molar-refractivity contribution in [2.45, 2.75) is 50.5 Å². The summed E-state index contributed by atoms with van der Waals surface area (Å²) in [4.78, 5) is 0. The molecule has 1 aromatic carbocycles. The third kappa shape index (κ3) is 3.45. The first-order valence-electron chi connectivity index (χ1n) is 8.25. The van der Waals surface area contributed by atoms with Crippen molar-refractivity contribution in [3.8, 4) is 0 Å². The molecule has 3 nitrogen and oxygen atoms in total. The molecule has 125 valence electrons. The van der Waals surface area contributed by atoms with Crippen LogP contribution in [0, 0.1) is 0 Å². The number of hydrogen-bond acceptors (Lipinski definition) is 3. The molecule has 4 heteroatoms. The number of ether oxygens (including phenoxy) is 3. The Morgan fingerprint density at radius 1 is 1.13 bits per heavy atom. The van der Waals surface area contributed by atoms with E-state index in [1.54, 1.807) is 21.3 Å². The molecule has 0 heterocycles. The van der Waals surface area contributed by atoms with Gasteiger partial charge in [-0.1, -0.05) is 43.7 Å². The highest BCUT2D eigenvalue weighted by atomic mass is 28.1. The fourth-order valence-corrected chi connectivity index (χ4v) is 3.86. The van der Waals surface area contributed by atoms with Crippen molar-refractivity contribution in [3.05, 3.63) is 41.0 Å². The predicted octanol–water partition coefficient (Wildman–Crippen LogP) is 3.88. The summed E-state index contributed by atoms with van der Waals surface area (Å²) in [7, 11) is 8.62. The van der Waals surface area contributed by atoms with E-state index in [0.717, 1.165) is 12.8 Å². The van der Waals surface area contributed by atoms with Crippen LogP contribution in [0.2, 0.25) is 0 Å². The zero-order chi connectivity index (χ0) is 17.0. The molecule has 0 saturated carbocycles. The first kappa shape index (κ1) is 18.4. The zero-order valence-electron chi connectivity index (χ0n) is 14.8. The first-order valence-corrected chi connectivity index (χ1v) is 8.75. The molecule has 2 atom stereocenters. The largest absolute Gasteiger partial charge is 0.377 e. The van der Waals surface area contributed by atoms with Gasteiger partial charge in [-0.3, -0.25) is 0 Å². The second kappa shape index (κ2) is 7.75. The van der Waals surface area contributed by atoms with E-state index in [9.17, 15) is 0 Å². The quantitative estimate of drug-likeness (QED) is 0.534. The number of hydrogen-bond donors (Lipinski definition) is 0. The molecule has 0 fully saturated rings. The summed E-state index contributed by atoms with van der Waals surface area (Å²) in [6, 6.07) is 8.67. The van der Waals surface area contributed by atoms with Gasteiger partial charge in [-0.25, -0.2) is 0 Å². The molecule has 0 amide bonds. The van der Waals surface area contributed by atoms with Crippen LogP contribution in [0.1, 0.15) is 50.2 Å². The Balaban J connectivity index is 2.48. The minimum Gasteiger partial charge on any atom is -0.377 e. The van der Waals surface area contributed by atoms with Crippen molar-refractivity contribution in [3.63, 3.8) is 0 Å². The second-order valence-corrected chi connectivity index (χ2v) is 6.69. The van der Waals surface area contributed by atoms with E-state index in [-0.39, 0.29) is 6.10 Å². The van der Waals surface area contributed by atoms with Crippen molar-refractivity contribution >= 4 is 15.8 Å². The highest BCUT2D eigenvalue weighted by Gasteiger charge is 2.36. The number of allylic oxidation sites excluding steroid dienone is 1. The maximum atomic E-state index is 5.87. The van der Waals surface area contributed by atoms with Crippen LogP contribution in [0.15, 0.2) is 29.8 Å². The SMILES string of the molecule is CCC1=C(C(CC([Si])(OC)OC)OC)c2ccccc2C1CC. The van der Waals surface area contributed by atoms with Gasteiger partial charge in [0, 0.05) is 33.7 Å². The van der Waals surface area contributed by atoms with Crippen LogP contribution in [0.25, 0.3) is 5.57 Å². The molecular formula is C19H27O3Si. The second-order valence-electron chi connectivity index (χ2n) is 5.93. The van der Waals surface area contributed by atoms with E-state index in [0.29, 0.717) is 12.3 Å². The maximum absolute atomic E-state index is 5.87. The molecule has 3 radical (unpaired) electrons. The van der Waals surface area contributed by atoms with Crippen molar-refractivity contribution < 1.29 is 14.2 Å². The maximum Gasteiger partial charge on any atom is 0.146 e. The summed E-state index contributed by atoms with van der Waals surface area (Å²) >= 11 is 0. The van der Waals surface area contributed by atoms with Gasteiger partial charge < -0.3 is 14.2 Å². The molecule has 23 heavy (non-hydrogen) atoms. The smallest absolute Gasteiger partial charge is 0.146 e. The average Bonchev–Trinajstić information content (AvgIpc) is 2.92. The lowest BCUT2D eigenvalue weighted by molar-refractivity contribution is -0.157. The van der Waals surface area contributed by atoms with E-state index in [2.05, 4.69) is 48.4 Å². The van der Waals surface area contributed by atoms with Gasteiger partial charge in [-0.2, -0.15) is 0 Å². The molecule has 1 aliphatic carbocycles. The molecule has 0 aliphatic heterocycles. The molecule has 0 bridgehead atoms. The van der Waals surface area contributed by atoms with Crippen LogP contribution in [-0.2, 0) is 14.2 Å². The summed E-state index contributed by atoms with van der Waals surface area (Å²) in [5.74, 6) is 0.484. The standard InChI is InChI=1S/C19H27O3Si/c1-6-13-14(7-2)18(16-11-9-8-10-15(13)16)17(20-3)12-19(23,21-4)22-5/h8-11,13,17H,6-7,12H2,1-5H3. The Morgan fingerprint density at radius 3 is 2.30 bits per heavy atom. The molecule has 0 N–H and O–H groups in total. The lowest BCUT2D eigenvalue weighted by Gasteiger charge is -2.31. The zero-order valence-corrected chi connectivity index (χ0v) is 15.8. The van der Waals surface area contributed by atoms with Gasteiger partial charge in [0.05, 0.1) is 6.10 Å². The van der Waals surface area contributed by atoms with Gasteiger partial charge in [-0.05, 0) is 29.5 Å². The summed E-state index contributed by atoms with van der Waals surface area (Å²) in [5.41, 5.74) is 4.66. The molecule has 1 aliphatic rings. The summed E-state index contributed by atoms with van der Waals surface area (Å²) < 4.78 is 16.8. The summed E-state index contributed by atoms with van der Waals surface area (Å²) in [6.45, 7) is 4.48. The molecule has 0 saturated heterocycles. The highest BCUT2D eigenvalue weighted by Crippen LogP contribution is 2.47. The Hall–Kier alpha value is -0.943. The van der Waals surface area contributed by atoms with Crippen LogP contribution in [-0.4, -0.2) is 43.1 Å². The van der Waals surface area contributed by atoms with Crippen molar-refractivity contribution in [2.75, 3.05) is 21.3 Å². The van der Waals surface area contributed by atoms with Gasteiger partial charge in [0.1, 0.15) is 15.7 Å². The Labute approximate surface area is 143 Å². The van der Waals surface area contributed by atoms with E-state index in [1.165, 1.54) is 22.3 Å². The highest BCUT2D eigenvalue weighted by molar-refractivity contribution is 6.13. The number of fused-ring (bicyclic) bond motifs is 1. The van der Waals surface area contributed by atoms with E-state index in [4.69, 9.17) is 14.2 Å². The van der Waals surface area contributed by atoms with Gasteiger partial charge in [0.15, 0.2) is 0 Å². The summed E-state index contributed by atoms with van der Waals surface area (Å²) in [6.07, 6.45) is 2.63. The van der Waals surface area contributed by atoms with Crippen molar-refractivity contribution in [1.29, 1.82) is 0 Å². The summed E-state index contributed by atoms with van der Waals surface area (Å²) in [5, 5.41) is 0. The minimum absolute atomic E-state index is 0.0833. The first-order chi connectivity index (χ1) is 11.0. The molecular weight excluding hydrogens is 304 g/mol. The lowest BCUT2D eigenvalue weighted by atomic mass is 9.91. The molecule has 1 aromatic rings. The number of rotatable bonds is 8. The van der Waals surface area contributed by atoms with Crippen LogP contribution < -0.4 is 0 Å². The van der Waals surface area contributed by atoms with E-state index < -0.39 is 5.41 Å². The van der Waals surface area contributed by atoms with Crippen LogP contribution in [0.5, 0.6) is 0 Å². The van der Waals surface area contributed by atoms with Gasteiger partial charge in [0.25, 0.3) is 0 Å². The van der Waals surface area contributed by atoms with Crippen molar-refractivity contribution in [1.82, 2.24) is 0 Å². The van der Waals surface area contributed by atoms with Gasteiger partial charge >= 0.3 is 0 Å². The molecule has 2 unspecified atom stereocenters. The third-order valence-corrected chi connectivity index (χ3v) is 5.51. The third-order valence-electron chi connectivity index (χ3n) is 4.90. The Kier molecular flexibility index (Phi) is 6.20. The normalized spacial score (nSPS) is 19.1. The van der Waals surface area contributed by atoms with Crippen LogP contribution in [0.4, 0.5) is 0 Å².